The van der Waals surface area contributed by atoms with Crippen molar-refractivity contribution in [1.29, 1.82) is 0 Å². The molecule has 1 aliphatic carbocycles. The second kappa shape index (κ2) is 9.84. The molecule has 0 spiro atoms. The van der Waals surface area contributed by atoms with E-state index in [4.69, 9.17) is 17.0 Å². The first kappa shape index (κ1) is 25.8. The fourth-order valence-corrected chi connectivity index (χ4v) is 9.73. The molecular weight excluding hydrogens is 552 g/mol. The van der Waals surface area contributed by atoms with E-state index in [1.807, 2.05) is 26.0 Å². The van der Waals surface area contributed by atoms with Crippen LogP contribution >= 0.6 is 17.0 Å². The number of halogens is 8. The molecule has 173 valence electrons. The van der Waals surface area contributed by atoms with E-state index in [0.29, 0.717) is 29.5 Å². The summed E-state index contributed by atoms with van der Waals surface area (Å²) in [5.41, 5.74) is 0.871. The first-order valence-corrected chi connectivity index (χ1v) is 18.0. The van der Waals surface area contributed by atoms with Gasteiger partial charge in [-0.2, -0.15) is 0 Å². The van der Waals surface area contributed by atoms with Gasteiger partial charge in [0.1, 0.15) is 0 Å². The summed E-state index contributed by atoms with van der Waals surface area (Å²) in [5.74, 6) is 0. The molecule has 0 N–H and O–H groups in total. The second-order valence-corrected chi connectivity index (χ2v) is 16.6. The maximum atomic E-state index is 13.5. The summed E-state index contributed by atoms with van der Waals surface area (Å²) in [6.45, 7) is 3.91. The topological polar surface area (TPSA) is 0 Å². The molecule has 0 nitrogen and oxygen atoms in total. The van der Waals surface area contributed by atoms with Gasteiger partial charge in [0, 0.05) is 0 Å². The Labute approximate surface area is 198 Å². The zero-order valence-corrected chi connectivity index (χ0v) is 21.4. The summed E-state index contributed by atoms with van der Waals surface area (Å²) in [6.07, 6.45) is -5.15. The fraction of sp³-hybridized carbons (Fsp3) is 0.391. The van der Waals surface area contributed by atoms with Crippen LogP contribution in [-0.4, -0.2) is 0 Å². The Bertz CT molecular complexity index is 992. The van der Waals surface area contributed by atoms with Crippen LogP contribution in [0.3, 0.4) is 0 Å². The number of benzene rings is 2. The summed E-state index contributed by atoms with van der Waals surface area (Å²) in [4.78, 5) is 0. The van der Waals surface area contributed by atoms with Gasteiger partial charge in [-0.05, 0) is 0 Å². The predicted octanol–water partition coefficient (Wildman–Crippen LogP) is 9.51. The van der Waals surface area contributed by atoms with Crippen molar-refractivity contribution in [1.82, 2.24) is 0 Å². The van der Waals surface area contributed by atoms with Crippen LogP contribution in [0.5, 0.6) is 0 Å². The summed E-state index contributed by atoms with van der Waals surface area (Å²) >= 11 is -2.87. The molecule has 1 unspecified atom stereocenters. The maximum absolute atomic E-state index is 13.5. The van der Waals surface area contributed by atoms with Crippen LogP contribution in [0.25, 0.3) is 17.2 Å². The average molecular weight is 574 g/mol. The molecule has 0 aliphatic heterocycles. The molecule has 1 atom stereocenters. The summed E-state index contributed by atoms with van der Waals surface area (Å²) in [5, 5.41) is 0. The number of rotatable bonds is 6. The first-order valence-electron chi connectivity index (χ1n) is 10.2. The third kappa shape index (κ3) is 5.31. The van der Waals surface area contributed by atoms with Gasteiger partial charge in [0.25, 0.3) is 0 Å². The first-order chi connectivity index (χ1) is 14.9. The third-order valence-corrected chi connectivity index (χ3v) is 10.9. The van der Waals surface area contributed by atoms with Gasteiger partial charge in [-0.15, -0.1) is 0 Å². The zero-order chi connectivity index (χ0) is 23.8. The van der Waals surface area contributed by atoms with Crippen molar-refractivity contribution in [2.75, 3.05) is 0 Å². The molecule has 3 rings (SSSR count). The number of hydrogen-bond acceptors (Lipinski definition) is 0. The molecule has 0 saturated heterocycles. The van der Waals surface area contributed by atoms with E-state index in [2.05, 4.69) is 0 Å². The molecule has 1 aliphatic rings. The molecule has 0 heterocycles. The van der Waals surface area contributed by atoms with Crippen LogP contribution in [0, 0.1) is 0 Å². The van der Waals surface area contributed by atoms with E-state index in [1.54, 1.807) is 6.07 Å². The van der Waals surface area contributed by atoms with Crippen molar-refractivity contribution in [3.63, 3.8) is 0 Å². The Morgan fingerprint density at radius 2 is 1.41 bits per heavy atom. The standard InChI is InChI=1S/C23H21F6.2ClH.Zr/c1-3-5-14-9-16-8-7-15(6-4-2)21(20(16)10-14)17-11-18(22(24,25)26)13-19(12-17)23(27,28)29;;;/h7-13H,3-6H2,1-2H3;2*1H;/q;;;+2/p-2. The molecule has 0 bridgehead atoms. The SMILES string of the molecule is CCCC1=Cc2c(ccc(CCC)c2-c2cc(C(F)(F)F)cc(C(F)(F)F)c2)[CH]1[Zr]([Cl])[Cl]. The summed E-state index contributed by atoms with van der Waals surface area (Å²) in [7, 11) is 12.9. The van der Waals surface area contributed by atoms with Gasteiger partial charge < -0.3 is 0 Å². The van der Waals surface area contributed by atoms with E-state index in [9.17, 15) is 26.3 Å². The molecule has 0 aromatic heterocycles. The molecule has 32 heavy (non-hydrogen) atoms. The quantitative estimate of drug-likeness (QED) is 0.302. The van der Waals surface area contributed by atoms with Crippen molar-refractivity contribution >= 4 is 23.1 Å². The molecule has 0 saturated carbocycles. The van der Waals surface area contributed by atoms with E-state index in [1.165, 1.54) is 0 Å². The molecule has 9 heteroatoms. The van der Waals surface area contributed by atoms with Crippen molar-refractivity contribution < 1.29 is 45.7 Å². The minimum atomic E-state index is -4.90. The van der Waals surface area contributed by atoms with Gasteiger partial charge in [0.05, 0.1) is 0 Å². The monoisotopic (exact) mass is 571 g/mol. The van der Waals surface area contributed by atoms with Crippen molar-refractivity contribution in [3.05, 3.63) is 63.7 Å². The van der Waals surface area contributed by atoms with E-state index in [-0.39, 0.29) is 15.3 Å². The number of aryl methyl sites for hydroxylation is 1. The number of hydrogen-bond donors (Lipinski definition) is 0. The Kier molecular flexibility index (Phi) is 7.94. The van der Waals surface area contributed by atoms with Gasteiger partial charge in [0.15, 0.2) is 0 Å². The van der Waals surface area contributed by atoms with Gasteiger partial charge in [-0.3, -0.25) is 0 Å². The fourth-order valence-electron chi connectivity index (χ4n) is 4.24. The number of fused-ring (bicyclic) bond motifs is 1. The van der Waals surface area contributed by atoms with Gasteiger partial charge in [-0.25, -0.2) is 0 Å². The second-order valence-electron chi connectivity index (χ2n) is 7.84. The average Bonchev–Trinajstić information content (AvgIpc) is 3.05. The van der Waals surface area contributed by atoms with Crippen LogP contribution < -0.4 is 0 Å². The summed E-state index contributed by atoms with van der Waals surface area (Å²) in [6, 6.07) is 5.46. The van der Waals surface area contributed by atoms with Crippen LogP contribution in [0.1, 0.15) is 64.6 Å². The van der Waals surface area contributed by atoms with Crippen molar-refractivity contribution in [2.45, 2.75) is 55.5 Å². The van der Waals surface area contributed by atoms with Gasteiger partial charge in [0.2, 0.25) is 0 Å². The zero-order valence-electron chi connectivity index (χ0n) is 17.4. The number of alkyl halides is 6. The van der Waals surface area contributed by atoms with Crippen LogP contribution in [-0.2, 0) is 38.1 Å². The predicted molar refractivity (Wildman–Crippen MR) is 113 cm³/mol. The van der Waals surface area contributed by atoms with Gasteiger partial charge in [-0.1, -0.05) is 0 Å². The van der Waals surface area contributed by atoms with Crippen LogP contribution in [0.15, 0.2) is 35.9 Å². The van der Waals surface area contributed by atoms with Crippen LogP contribution in [0.4, 0.5) is 26.3 Å². The van der Waals surface area contributed by atoms with Gasteiger partial charge >= 0.3 is 199 Å². The molecule has 0 fully saturated rings. The Balaban J connectivity index is 2.35. The molecule has 2 aromatic carbocycles. The normalized spacial score (nSPS) is 16.2. The third-order valence-electron chi connectivity index (χ3n) is 5.53. The van der Waals surface area contributed by atoms with Crippen LogP contribution in [0.2, 0.25) is 0 Å². The Morgan fingerprint density at radius 1 is 0.844 bits per heavy atom. The summed E-state index contributed by atoms with van der Waals surface area (Å²) < 4.78 is 80.8. The Hall–Kier alpha value is -0.777. The minimum absolute atomic E-state index is 0.0884. The van der Waals surface area contributed by atoms with E-state index in [0.717, 1.165) is 36.1 Å². The molecule has 0 radical (unpaired) electrons. The Morgan fingerprint density at radius 3 is 1.88 bits per heavy atom. The number of allylic oxidation sites excluding steroid dienone is 1. The van der Waals surface area contributed by atoms with E-state index >= 15 is 0 Å². The molecule has 0 amide bonds. The van der Waals surface area contributed by atoms with Crippen molar-refractivity contribution in [3.8, 4) is 11.1 Å². The van der Waals surface area contributed by atoms with Crippen molar-refractivity contribution in [2.24, 2.45) is 0 Å². The molecular formula is C23H21Cl2F6Zr. The molecule has 2 aromatic rings. The van der Waals surface area contributed by atoms with E-state index < -0.39 is 42.8 Å².